The number of halogens is 1. The quantitative estimate of drug-likeness (QED) is 0.274. The van der Waals surface area contributed by atoms with Crippen LogP contribution in [-0.2, 0) is 4.74 Å². The van der Waals surface area contributed by atoms with E-state index in [4.69, 9.17) is 15.7 Å². The molecule has 2 aliphatic rings. The van der Waals surface area contributed by atoms with Gasteiger partial charge in [0.25, 0.3) is 5.91 Å². The summed E-state index contributed by atoms with van der Waals surface area (Å²) >= 11 is 0. The van der Waals surface area contributed by atoms with Gasteiger partial charge in [0.05, 0.1) is 12.1 Å². The third-order valence-corrected chi connectivity index (χ3v) is 7.46. The molecule has 0 radical (unpaired) electrons. The highest BCUT2D eigenvalue weighted by atomic mass is 19.1. The number of pyridine rings is 1. The number of hydrogen-bond donors (Lipinski definition) is 1. The van der Waals surface area contributed by atoms with Crippen LogP contribution in [0.25, 0.3) is 38.4 Å². The van der Waals surface area contributed by atoms with Crippen LogP contribution in [0.4, 0.5) is 15.8 Å². The maximum atomic E-state index is 15.2. The smallest absolute Gasteiger partial charge is 0.253 e. The molecule has 1 aliphatic carbocycles. The zero-order valence-corrected chi connectivity index (χ0v) is 22.0. The maximum Gasteiger partial charge on any atom is 0.253 e. The van der Waals surface area contributed by atoms with Crippen molar-refractivity contribution in [3.8, 4) is 22.5 Å². The number of benzene rings is 2. The highest BCUT2D eigenvalue weighted by Gasteiger charge is 2.30. The fourth-order valence-electron chi connectivity index (χ4n) is 5.20. The Labute approximate surface area is 226 Å². The molecule has 2 fully saturated rings. The first-order valence-corrected chi connectivity index (χ1v) is 13.2. The summed E-state index contributed by atoms with van der Waals surface area (Å²) in [4.78, 5) is 22.2. The lowest BCUT2D eigenvalue weighted by Gasteiger charge is -2.25. The number of nitrogens with one attached hydrogen (secondary N) is 1. The van der Waals surface area contributed by atoms with Gasteiger partial charge in [-0.05, 0) is 73.1 Å². The van der Waals surface area contributed by atoms with Gasteiger partial charge in [-0.1, -0.05) is 6.07 Å². The van der Waals surface area contributed by atoms with Gasteiger partial charge >= 0.3 is 0 Å². The van der Waals surface area contributed by atoms with Crippen LogP contribution in [0.5, 0.6) is 0 Å². The van der Waals surface area contributed by atoms with Gasteiger partial charge in [-0.25, -0.2) is 9.24 Å². The van der Waals surface area contributed by atoms with E-state index in [0.717, 1.165) is 61.3 Å². The molecule has 8 heteroatoms. The lowest BCUT2D eigenvalue weighted by molar-refractivity contribution is 0.0827. The monoisotopic (exact) mass is 524 g/mol. The molecule has 0 bridgehead atoms. The van der Waals surface area contributed by atoms with Crippen LogP contribution < -0.4 is 5.32 Å². The summed E-state index contributed by atoms with van der Waals surface area (Å²) in [5.41, 5.74) is 5.94. The summed E-state index contributed by atoms with van der Waals surface area (Å²) in [5.74, 6) is -0.0794. The zero-order chi connectivity index (χ0) is 27.1. The molecule has 198 valence electrons. The third-order valence-electron chi connectivity index (χ3n) is 7.46. The highest BCUT2D eigenvalue weighted by molar-refractivity contribution is 5.97. The summed E-state index contributed by atoms with van der Waals surface area (Å²) < 4.78 is 26.9. The van der Waals surface area contributed by atoms with Gasteiger partial charge in [-0.15, -0.1) is 0 Å². The van der Waals surface area contributed by atoms with Crippen LogP contribution in [0.2, 0.25) is 0 Å². The predicted octanol–water partition coefficient (Wildman–Crippen LogP) is 7.02. The van der Waals surface area contributed by atoms with Crippen LogP contribution in [0.15, 0.2) is 53.1 Å². The third kappa shape index (κ3) is 4.86. The summed E-state index contributed by atoms with van der Waals surface area (Å²) in [6.07, 6.45) is 5.85. The molecule has 1 amide bonds. The van der Waals surface area contributed by atoms with Crippen molar-refractivity contribution in [2.24, 2.45) is 0 Å². The lowest BCUT2D eigenvalue weighted by Crippen LogP contribution is -2.27. The van der Waals surface area contributed by atoms with E-state index in [1.165, 1.54) is 11.0 Å². The van der Waals surface area contributed by atoms with Gasteiger partial charge in [0.2, 0.25) is 5.69 Å². The Hall–Kier alpha value is -4.22. The van der Waals surface area contributed by atoms with E-state index in [1.54, 1.807) is 32.3 Å². The molecule has 39 heavy (non-hydrogen) atoms. The standard InChI is InChI=1S/C31H29FN4O3/c1-33-26-15-19(7-9-25(26)35-21-10-12-38-13-11-21)29-23(18-4-5-18)17-34-27-16-28(39-30(27)29)22-8-6-20(14-24(22)32)31(37)36(2)3/h6-9,14-18,21,35H,4-5,10-13H2,2-3H3. The van der Waals surface area contributed by atoms with E-state index in [2.05, 4.69) is 15.1 Å². The number of carbonyl (C=O) groups is 1. The molecule has 0 spiro atoms. The van der Waals surface area contributed by atoms with E-state index >= 15 is 4.39 Å². The van der Waals surface area contributed by atoms with Crippen LogP contribution in [-0.4, -0.2) is 49.1 Å². The van der Waals surface area contributed by atoms with Crippen molar-refractivity contribution >= 4 is 28.4 Å². The average Bonchev–Trinajstić information content (AvgIpc) is 3.71. The number of aromatic nitrogens is 1. The van der Waals surface area contributed by atoms with Gasteiger partial charge in [-0.2, -0.15) is 0 Å². The second-order valence-corrected chi connectivity index (χ2v) is 10.5. The Kier molecular flexibility index (Phi) is 6.53. The molecule has 0 unspecified atom stereocenters. The first kappa shape index (κ1) is 25.1. The summed E-state index contributed by atoms with van der Waals surface area (Å²) in [6, 6.07) is 12.3. The minimum atomic E-state index is -0.537. The van der Waals surface area contributed by atoms with E-state index in [-0.39, 0.29) is 23.1 Å². The van der Waals surface area contributed by atoms with E-state index in [0.29, 0.717) is 28.5 Å². The van der Waals surface area contributed by atoms with Crippen LogP contribution in [0.3, 0.4) is 0 Å². The number of amides is 1. The number of rotatable bonds is 6. The van der Waals surface area contributed by atoms with E-state index in [9.17, 15) is 4.79 Å². The second kappa shape index (κ2) is 10.2. The number of anilines is 1. The molecule has 7 nitrogen and oxygen atoms in total. The van der Waals surface area contributed by atoms with Crippen LogP contribution in [0, 0.1) is 12.4 Å². The molecular weight excluding hydrogens is 495 g/mol. The first-order chi connectivity index (χ1) is 18.9. The Balaban J connectivity index is 1.42. The van der Waals surface area contributed by atoms with Gasteiger partial charge in [0.15, 0.2) is 5.58 Å². The molecule has 6 rings (SSSR count). The number of ether oxygens (including phenoxy) is 1. The topological polar surface area (TPSA) is 72.0 Å². The minimum Gasteiger partial charge on any atom is -0.454 e. The summed E-state index contributed by atoms with van der Waals surface area (Å²) in [7, 11) is 3.26. The van der Waals surface area contributed by atoms with Crippen molar-refractivity contribution in [3.63, 3.8) is 0 Å². The summed E-state index contributed by atoms with van der Waals surface area (Å²) in [6.45, 7) is 9.29. The highest BCUT2D eigenvalue weighted by Crippen LogP contribution is 2.48. The van der Waals surface area contributed by atoms with Gasteiger partial charge in [0.1, 0.15) is 17.1 Å². The molecule has 2 aromatic heterocycles. The van der Waals surface area contributed by atoms with Crippen molar-refractivity contribution in [1.82, 2.24) is 9.88 Å². The van der Waals surface area contributed by atoms with E-state index in [1.807, 2.05) is 24.4 Å². The summed E-state index contributed by atoms with van der Waals surface area (Å²) in [5, 5.41) is 3.52. The van der Waals surface area contributed by atoms with Crippen LogP contribution in [0.1, 0.15) is 47.5 Å². The first-order valence-electron chi connectivity index (χ1n) is 13.2. The van der Waals surface area contributed by atoms with Crippen molar-refractivity contribution in [3.05, 3.63) is 77.0 Å². The Morgan fingerprint density at radius 2 is 1.90 bits per heavy atom. The molecule has 1 aliphatic heterocycles. The maximum absolute atomic E-state index is 15.2. The zero-order valence-electron chi connectivity index (χ0n) is 22.0. The Morgan fingerprint density at radius 1 is 1.10 bits per heavy atom. The van der Waals surface area contributed by atoms with Crippen LogP contribution >= 0.6 is 0 Å². The number of furan rings is 1. The SMILES string of the molecule is [C-]#[N+]c1cc(-c2c(C3CC3)cnc3cc(-c4ccc(C(=O)N(C)C)cc4F)oc23)ccc1NC1CCOCC1. The molecule has 1 N–H and O–H groups in total. The largest absolute Gasteiger partial charge is 0.454 e. The number of fused-ring (bicyclic) bond motifs is 1. The van der Waals surface area contributed by atoms with Crippen molar-refractivity contribution in [2.75, 3.05) is 32.6 Å². The fraction of sp³-hybridized carbons (Fsp3) is 0.323. The van der Waals surface area contributed by atoms with Crippen molar-refractivity contribution in [1.29, 1.82) is 0 Å². The van der Waals surface area contributed by atoms with Crippen molar-refractivity contribution < 1.29 is 18.3 Å². The van der Waals surface area contributed by atoms with Crippen molar-refractivity contribution in [2.45, 2.75) is 37.6 Å². The molecule has 3 heterocycles. The number of carbonyl (C=O) groups excluding carboxylic acids is 1. The number of nitrogens with zero attached hydrogens (tertiary/aromatic N) is 3. The molecule has 1 saturated carbocycles. The van der Waals surface area contributed by atoms with Gasteiger partial charge in [-0.3, -0.25) is 9.78 Å². The Bertz CT molecular complexity index is 1610. The fourth-order valence-corrected chi connectivity index (χ4v) is 5.20. The molecule has 2 aromatic carbocycles. The average molecular weight is 525 g/mol. The molecule has 4 aromatic rings. The normalized spacial score (nSPS) is 15.7. The minimum absolute atomic E-state index is 0.264. The number of hydrogen-bond acceptors (Lipinski definition) is 5. The van der Waals surface area contributed by atoms with E-state index < -0.39 is 5.82 Å². The predicted molar refractivity (Wildman–Crippen MR) is 149 cm³/mol. The molecular formula is C31H29FN4O3. The molecule has 1 saturated heterocycles. The second-order valence-electron chi connectivity index (χ2n) is 10.5. The molecule has 0 atom stereocenters. The Morgan fingerprint density at radius 3 is 2.59 bits per heavy atom. The van der Waals surface area contributed by atoms with Gasteiger partial charge in [0, 0.05) is 62.4 Å². The lowest BCUT2D eigenvalue weighted by atomic mass is 9.96. The van der Waals surface area contributed by atoms with Gasteiger partial charge < -0.3 is 19.4 Å².